The maximum Gasteiger partial charge on any atom is 0.310 e. The van der Waals surface area contributed by atoms with Gasteiger partial charge in [0.15, 0.2) is 0 Å². The largest absolute Gasteiger partial charge is 0.344 e. The molecular formula is C18H21N5O3. The number of carbonyl (C=O) groups excluding carboxylic acids is 3. The first kappa shape index (κ1) is 17.7. The van der Waals surface area contributed by atoms with E-state index in [1.54, 1.807) is 29.9 Å². The molecule has 3 rings (SSSR count). The number of aromatic nitrogens is 2. The van der Waals surface area contributed by atoms with E-state index in [0.29, 0.717) is 5.56 Å². The summed E-state index contributed by atoms with van der Waals surface area (Å²) in [4.78, 5) is 38.2. The van der Waals surface area contributed by atoms with Gasteiger partial charge < -0.3 is 15.5 Å². The second kappa shape index (κ2) is 6.62. The highest BCUT2D eigenvalue weighted by molar-refractivity contribution is 6.35. The van der Waals surface area contributed by atoms with Gasteiger partial charge in [0.05, 0.1) is 5.69 Å². The van der Waals surface area contributed by atoms with Crippen LogP contribution in [0.15, 0.2) is 24.3 Å². The van der Waals surface area contributed by atoms with E-state index in [1.165, 1.54) is 4.90 Å². The molecule has 0 unspecified atom stereocenters. The van der Waals surface area contributed by atoms with Crippen LogP contribution in [-0.4, -0.2) is 34.5 Å². The van der Waals surface area contributed by atoms with Gasteiger partial charge in [0, 0.05) is 43.1 Å². The third kappa shape index (κ3) is 2.94. The molecule has 2 aromatic rings. The third-order valence-electron chi connectivity index (χ3n) is 4.75. The van der Waals surface area contributed by atoms with E-state index in [9.17, 15) is 14.4 Å². The fourth-order valence-electron chi connectivity index (χ4n) is 3.14. The van der Waals surface area contributed by atoms with Gasteiger partial charge in [0.2, 0.25) is 0 Å². The summed E-state index contributed by atoms with van der Waals surface area (Å²) in [7, 11) is 3.46. The molecule has 0 fully saturated rings. The fourth-order valence-corrected chi connectivity index (χ4v) is 3.14. The van der Waals surface area contributed by atoms with Gasteiger partial charge in [-0.05, 0) is 19.9 Å². The SMILES string of the molecule is Cc1nn(C)c(C)c1CNC(=O)C(=O)N[C@H]1C(=O)N(C)c2ccccc21. The molecule has 0 bridgehead atoms. The van der Waals surface area contributed by atoms with E-state index in [2.05, 4.69) is 15.7 Å². The highest BCUT2D eigenvalue weighted by atomic mass is 16.2. The van der Waals surface area contributed by atoms with Gasteiger partial charge in [-0.2, -0.15) is 5.10 Å². The minimum Gasteiger partial charge on any atom is -0.344 e. The minimum absolute atomic E-state index is 0.201. The maximum atomic E-state index is 12.4. The van der Waals surface area contributed by atoms with E-state index >= 15 is 0 Å². The first-order valence-electron chi connectivity index (χ1n) is 8.25. The van der Waals surface area contributed by atoms with Crippen LogP contribution < -0.4 is 15.5 Å². The number of aryl methyl sites for hydroxylation is 2. The number of likely N-dealkylation sites (N-methyl/N-ethyl adjacent to an activating group) is 1. The smallest absolute Gasteiger partial charge is 0.310 e. The van der Waals surface area contributed by atoms with Crippen LogP contribution in [0.2, 0.25) is 0 Å². The molecule has 1 atom stereocenters. The van der Waals surface area contributed by atoms with Gasteiger partial charge in [-0.25, -0.2) is 0 Å². The van der Waals surface area contributed by atoms with Crippen molar-refractivity contribution in [2.75, 3.05) is 11.9 Å². The summed E-state index contributed by atoms with van der Waals surface area (Å²) in [5.41, 5.74) is 4.00. The zero-order valence-electron chi connectivity index (χ0n) is 15.2. The Kier molecular flexibility index (Phi) is 4.50. The molecule has 2 heterocycles. The number of nitrogens with one attached hydrogen (secondary N) is 2. The van der Waals surface area contributed by atoms with Gasteiger partial charge in [-0.3, -0.25) is 19.1 Å². The number of fused-ring (bicyclic) bond motifs is 1. The molecular weight excluding hydrogens is 334 g/mol. The number of anilines is 1. The lowest BCUT2D eigenvalue weighted by Gasteiger charge is -2.13. The van der Waals surface area contributed by atoms with Crippen LogP contribution in [0.25, 0.3) is 0 Å². The average molecular weight is 355 g/mol. The Bertz CT molecular complexity index is 902. The molecule has 0 saturated heterocycles. The third-order valence-corrected chi connectivity index (χ3v) is 4.75. The van der Waals surface area contributed by atoms with Crippen molar-refractivity contribution >= 4 is 23.4 Å². The lowest BCUT2D eigenvalue weighted by Crippen LogP contribution is -2.44. The molecule has 1 aliphatic rings. The predicted molar refractivity (Wildman–Crippen MR) is 95.3 cm³/mol. The molecule has 0 spiro atoms. The van der Waals surface area contributed by atoms with Crippen LogP contribution in [0.4, 0.5) is 5.69 Å². The lowest BCUT2D eigenvalue weighted by atomic mass is 10.1. The maximum absolute atomic E-state index is 12.4. The normalized spacial score (nSPS) is 15.8. The van der Waals surface area contributed by atoms with Crippen LogP contribution >= 0.6 is 0 Å². The molecule has 2 N–H and O–H groups in total. The summed E-state index contributed by atoms with van der Waals surface area (Å²) >= 11 is 0. The summed E-state index contributed by atoms with van der Waals surface area (Å²) in [6, 6.07) is 6.32. The van der Waals surface area contributed by atoms with E-state index in [0.717, 1.165) is 22.6 Å². The topological polar surface area (TPSA) is 96.3 Å². The standard InChI is InChI=1S/C18H21N5O3/c1-10-13(11(2)23(4)21-10)9-19-16(24)17(25)20-15-12-7-5-6-8-14(12)22(3)18(15)26/h5-8,15H,9H2,1-4H3,(H,19,24)(H,20,25)/t15-/m1/s1. The zero-order chi connectivity index (χ0) is 19.0. The van der Waals surface area contributed by atoms with Gasteiger partial charge in [0.25, 0.3) is 5.91 Å². The highest BCUT2D eigenvalue weighted by Gasteiger charge is 2.36. The molecule has 26 heavy (non-hydrogen) atoms. The molecule has 1 aromatic heterocycles. The van der Waals surface area contributed by atoms with Crippen LogP contribution in [0, 0.1) is 13.8 Å². The number of rotatable bonds is 3. The molecule has 1 aliphatic heterocycles. The van der Waals surface area contributed by atoms with Gasteiger partial charge in [0.1, 0.15) is 6.04 Å². The summed E-state index contributed by atoms with van der Waals surface area (Å²) in [5, 5.41) is 9.39. The van der Waals surface area contributed by atoms with E-state index in [1.807, 2.05) is 27.0 Å². The number of amides is 3. The molecule has 136 valence electrons. The lowest BCUT2D eigenvalue weighted by molar-refractivity contribution is -0.140. The Hall–Kier alpha value is -3.16. The highest BCUT2D eigenvalue weighted by Crippen LogP contribution is 2.34. The summed E-state index contributed by atoms with van der Waals surface area (Å²) < 4.78 is 1.72. The van der Waals surface area contributed by atoms with Gasteiger partial charge in [-0.1, -0.05) is 18.2 Å². The number of benzene rings is 1. The second-order valence-electron chi connectivity index (χ2n) is 6.32. The number of para-hydroxylation sites is 1. The van der Waals surface area contributed by atoms with Crippen molar-refractivity contribution in [3.8, 4) is 0 Å². The Morgan fingerprint density at radius 2 is 1.85 bits per heavy atom. The van der Waals surface area contributed by atoms with Crippen molar-refractivity contribution in [2.24, 2.45) is 7.05 Å². The second-order valence-corrected chi connectivity index (χ2v) is 6.32. The Morgan fingerprint density at radius 3 is 2.50 bits per heavy atom. The minimum atomic E-state index is -0.851. The first-order chi connectivity index (χ1) is 12.3. The zero-order valence-corrected chi connectivity index (χ0v) is 15.2. The molecule has 3 amide bonds. The van der Waals surface area contributed by atoms with Crippen molar-refractivity contribution in [2.45, 2.75) is 26.4 Å². The molecule has 0 saturated carbocycles. The molecule has 0 aliphatic carbocycles. The number of carbonyl (C=O) groups is 3. The first-order valence-corrected chi connectivity index (χ1v) is 8.25. The van der Waals surface area contributed by atoms with Crippen LogP contribution in [-0.2, 0) is 28.0 Å². The average Bonchev–Trinajstić information content (AvgIpc) is 3.01. The van der Waals surface area contributed by atoms with Crippen molar-refractivity contribution in [3.05, 3.63) is 46.8 Å². The van der Waals surface area contributed by atoms with Gasteiger partial charge in [-0.15, -0.1) is 0 Å². The quantitative estimate of drug-likeness (QED) is 0.783. The predicted octanol–water partition coefficient (Wildman–Crippen LogP) is 0.487. The molecule has 1 aromatic carbocycles. The van der Waals surface area contributed by atoms with Crippen molar-refractivity contribution in [3.63, 3.8) is 0 Å². The van der Waals surface area contributed by atoms with Crippen LogP contribution in [0.1, 0.15) is 28.6 Å². The van der Waals surface area contributed by atoms with Crippen LogP contribution in [0.5, 0.6) is 0 Å². The summed E-state index contributed by atoms with van der Waals surface area (Å²) in [6.45, 7) is 3.94. The Morgan fingerprint density at radius 1 is 1.15 bits per heavy atom. The number of hydrogen-bond acceptors (Lipinski definition) is 4. The molecule has 0 radical (unpaired) electrons. The fraction of sp³-hybridized carbons (Fsp3) is 0.333. The number of nitrogens with zero attached hydrogens (tertiary/aromatic N) is 3. The van der Waals surface area contributed by atoms with Crippen molar-refractivity contribution in [1.29, 1.82) is 0 Å². The Labute approximate surface area is 151 Å². The van der Waals surface area contributed by atoms with Crippen molar-refractivity contribution in [1.82, 2.24) is 20.4 Å². The molecule has 8 heteroatoms. The van der Waals surface area contributed by atoms with Crippen molar-refractivity contribution < 1.29 is 14.4 Å². The Balaban J connectivity index is 1.67. The van der Waals surface area contributed by atoms with E-state index in [4.69, 9.17) is 0 Å². The van der Waals surface area contributed by atoms with Crippen LogP contribution in [0.3, 0.4) is 0 Å². The van der Waals surface area contributed by atoms with Gasteiger partial charge >= 0.3 is 11.8 Å². The molecule has 8 nitrogen and oxygen atoms in total. The number of hydrogen-bond donors (Lipinski definition) is 2. The summed E-state index contributed by atoms with van der Waals surface area (Å²) in [5.74, 6) is -1.90. The summed E-state index contributed by atoms with van der Waals surface area (Å²) in [6.07, 6.45) is 0. The van der Waals surface area contributed by atoms with E-state index < -0.39 is 17.9 Å². The monoisotopic (exact) mass is 355 g/mol. The van der Waals surface area contributed by atoms with E-state index in [-0.39, 0.29) is 12.5 Å².